The number of carbonyl (C=O) groups excluding carboxylic acids is 1. The summed E-state index contributed by atoms with van der Waals surface area (Å²) in [5.41, 5.74) is 6.58. The zero-order valence-corrected chi connectivity index (χ0v) is 18.0. The van der Waals surface area contributed by atoms with Crippen LogP contribution in [-0.2, 0) is 6.61 Å². The van der Waals surface area contributed by atoms with Gasteiger partial charge in [-0.3, -0.25) is 9.20 Å². The first kappa shape index (κ1) is 22.5. The molecule has 0 aliphatic carbocycles. The van der Waals surface area contributed by atoms with Gasteiger partial charge in [0, 0.05) is 18.3 Å². The maximum Gasteiger partial charge on any atom is 0.274 e. The summed E-state index contributed by atoms with van der Waals surface area (Å²) in [6.45, 7) is 5.51. The third-order valence-electron chi connectivity index (χ3n) is 5.09. The summed E-state index contributed by atoms with van der Waals surface area (Å²) < 4.78 is 40.5. The van der Waals surface area contributed by atoms with E-state index < -0.39 is 23.1 Å². The summed E-state index contributed by atoms with van der Waals surface area (Å²) in [6, 6.07) is 5.29. The van der Waals surface area contributed by atoms with E-state index in [0.29, 0.717) is 6.42 Å². The van der Waals surface area contributed by atoms with Crippen molar-refractivity contribution in [3.63, 3.8) is 0 Å². The molecule has 0 fully saturated rings. The molecule has 0 radical (unpaired) electrons. The number of rotatable bonds is 8. The van der Waals surface area contributed by atoms with Crippen molar-refractivity contribution < 1.29 is 23.0 Å². The molecule has 0 saturated carbocycles. The fourth-order valence-corrected chi connectivity index (χ4v) is 2.99. The number of hydrogen-bond acceptors (Lipinski definition) is 5. The van der Waals surface area contributed by atoms with Gasteiger partial charge in [0.25, 0.3) is 5.91 Å². The second kappa shape index (κ2) is 8.89. The normalized spacial score (nSPS) is 13.1. The molecule has 1 unspecified atom stereocenters. The Bertz CT molecular complexity index is 1090. The van der Waals surface area contributed by atoms with E-state index in [-0.39, 0.29) is 41.7 Å². The van der Waals surface area contributed by atoms with Gasteiger partial charge in [0.1, 0.15) is 18.2 Å². The van der Waals surface area contributed by atoms with Crippen LogP contribution in [0, 0.1) is 18.6 Å². The number of methoxy groups -OCH3 is 1. The van der Waals surface area contributed by atoms with Gasteiger partial charge in [0.15, 0.2) is 17.1 Å². The molecular formula is C22H26F2N4O3. The monoisotopic (exact) mass is 432 g/mol. The third-order valence-corrected chi connectivity index (χ3v) is 5.09. The van der Waals surface area contributed by atoms with Crippen molar-refractivity contribution in [3.05, 3.63) is 58.9 Å². The van der Waals surface area contributed by atoms with E-state index in [1.165, 1.54) is 17.6 Å². The summed E-state index contributed by atoms with van der Waals surface area (Å²) in [7, 11) is 1.40. The molecule has 1 atom stereocenters. The van der Waals surface area contributed by atoms with Gasteiger partial charge >= 0.3 is 0 Å². The Morgan fingerprint density at radius 2 is 2.00 bits per heavy atom. The first-order valence-electron chi connectivity index (χ1n) is 9.86. The standard InChI is InChI=1S/C22H26F2N4O3/c1-5-22(3,25)12-26-20(29)18-21(30-4)27-19-17(9-13(2)10-28(18)19)31-11-14-15(23)7-6-8-16(14)24/h6-10H,5,11-12,25H2,1-4H3,(H,26,29). The van der Waals surface area contributed by atoms with Crippen LogP contribution in [-0.4, -0.2) is 34.5 Å². The number of nitrogens with one attached hydrogen (secondary N) is 1. The number of aryl methyl sites for hydroxylation is 1. The van der Waals surface area contributed by atoms with Crippen LogP contribution < -0.4 is 20.5 Å². The molecule has 3 rings (SSSR count). The number of fused-ring (bicyclic) bond motifs is 1. The lowest BCUT2D eigenvalue weighted by molar-refractivity contribution is 0.0935. The van der Waals surface area contributed by atoms with Crippen molar-refractivity contribution >= 4 is 11.6 Å². The van der Waals surface area contributed by atoms with Gasteiger partial charge in [-0.05, 0) is 44.0 Å². The van der Waals surface area contributed by atoms with E-state index in [4.69, 9.17) is 15.2 Å². The van der Waals surface area contributed by atoms with Crippen LogP contribution in [0.4, 0.5) is 8.78 Å². The van der Waals surface area contributed by atoms with Gasteiger partial charge in [-0.2, -0.15) is 4.98 Å². The van der Waals surface area contributed by atoms with Crippen LogP contribution in [0.5, 0.6) is 11.6 Å². The Morgan fingerprint density at radius 3 is 2.61 bits per heavy atom. The highest BCUT2D eigenvalue weighted by atomic mass is 19.1. The quantitative estimate of drug-likeness (QED) is 0.570. The average Bonchev–Trinajstić information content (AvgIpc) is 3.10. The third kappa shape index (κ3) is 4.77. The van der Waals surface area contributed by atoms with Crippen LogP contribution in [0.15, 0.2) is 30.5 Å². The minimum absolute atomic E-state index is 0.0974. The van der Waals surface area contributed by atoms with Gasteiger partial charge in [0.05, 0.1) is 12.7 Å². The van der Waals surface area contributed by atoms with Gasteiger partial charge in [-0.15, -0.1) is 0 Å². The zero-order chi connectivity index (χ0) is 22.8. The predicted octanol–water partition coefficient (Wildman–Crippen LogP) is 3.37. The lowest BCUT2D eigenvalue weighted by Crippen LogP contribution is -2.47. The number of hydrogen-bond donors (Lipinski definition) is 2. The summed E-state index contributed by atoms with van der Waals surface area (Å²) in [6.07, 6.45) is 2.39. The Morgan fingerprint density at radius 1 is 1.32 bits per heavy atom. The number of halogens is 2. The van der Waals surface area contributed by atoms with Crippen molar-refractivity contribution in [2.24, 2.45) is 5.73 Å². The van der Waals surface area contributed by atoms with Crippen molar-refractivity contribution in [2.75, 3.05) is 13.7 Å². The number of nitrogens with zero attached hydrogens (tertiary/aromatic N) is 2. The molecule has 0 aliphatic rings. The Labute approximate surface area is 179 Å². The molecule has 1 aromatic carbocycles. The molecule has 2 heterocycles. The SMILES string of the molecule is CCC(C)(N)CNC(=O)c1c(OC)nc2c(OCc3c(F)cccc3F)cc(C)cn12. The smallest absolute Gasteiger partial charge is 0.274 e. The Balaban J connectivity index is 1.97. The van der Waals surface area contributed by atoms with E-state index >= 15 is 0 Å². The molecule has 1 amide bonds. The highest BCUT2D eigenvalue weighted by Gasteiger charge is 2.25. The van der Waals surface area contributed by atoms with Crippen LogP contribution in [0.25, 0.3) is 5.65 Å². The second-order valence-corrected chi connectivity index (χ2v) is 7.72. The molecule has 166 valence electrons. The van der Waals surface area contributed by atoms with E-state index in [1.807, 2.05) is 13.8 Å². The molecule has 7 nitrogen and oxygen atoms in total. The highest BCUT2D eigenvalue weighted by Crippen LogP contribution is 2.29. The lowest BCUT2D eigenvalue weighted by atomic mass is 10.0. The van der Waals surface area contributed by atoms with E-state index in [0.717, 1.165) is 17.7 Å². The van der Waals surface area contributed by atoms with Gasteiger partial charge in [-0.1, -0.05) is 13.0 Å². The maximum absolute atomic E-state index is 14.0. The van der Waals surface area contributed by atoms with E-state index in [9.17, 15) is 13.6 Å². The number of benzene rings is 1. The van der Waals surface area contributed by atoms with Crippen LogP contribution in [0.3, 0.4) is 0 Å². The summed E-state index contributed by atoms with van der Waals surface area (Å²) >= 11 is 0. The molecule has 3 N–H and O–H groups in total. The minimum Gasteiger partial charge on any atom is -0.485 e. The molecule has 2 aromatic heterocycles. The first-order valence-corrected chi connectivity index (χ1v) is 9.86. The van der Waals surface area contributed by atoms with Crippen molar-refractivity contribution in [3.8, 4) is 11.6 Å². The molecular weight excluding hydrogens is 406 g/mol. The maximum atomic E-state index is 14.0. The molecule has 31 heavy (non-hydrogen) atoms. The first-order chi connectivity index (χ1) is 14.7. The fraction of sp³-hybridized carbons (Fsp3) is 0.364. The zero-order valence-electron chi connectivity index (χ0n) is 18.0. The minimum atomic E-state index is -0.703. The van der Waals surface area contributed by atoms with Crippen molar-refractivity contribution in [1.29, 1.82) is 0 Å². The molecule has 3 aromatic rings. The van der Waals surface area contributed by atoms with Crippen molar-refractivity contribution in [1.82, 2.24) is 14.7 Å². The van der Waals surface area contributed by atoms with Gasteiger partial charge in [-0.25, -0.2) is 8.78 Å². The number of pyridine rings is 1. The number of nitrogens with two attached hydrogens (primary N) is 1. The Hall–Kier alpha value is -3.20. The molecule has 0 aliphatic heterocycles. The average molecular weight is 432 g/mol. The largest absolute Gasteiger partial charge is 0.485 e. The number of carbonyl (C=O) groups is 1. The molecule has 0 bridgehead atoms. The number of amides is 1. The second-order valence-electron chi connectivity index (χ2n) is 7.72. The topological polar surface area (TPSA) is 90.9 Å². The van der Waals surface area contributed by atoms with Crippen molar-refractivity contribution in [2.45, 2.75) is 39.3 Å². The molecule has 0 saturated heterocycles. The number of aromatic nitrogens is 2. The summed E-state index contributed by atoms with van der Waals surface area (Å²) in [5, 5.41) is 2.81. The Kier molecular flexibility index (Phi) is 6.45. The fourth-order valence-electron chi connectivity index (χ4n) is 2.99. The predicted molar refractivity (Wildman–Crippen MR) is 112 cm³/mol. The van der Waals surface area contributed by atoms with Crippen LogP contribution in [0.2, 0.25) is 0 Å². The summed E-state index contributed by atoms with van der Waals surface area (Å²) in [4.78, 5) is 17.3. The number of ether oxygens (including phenoxy) is 2. The van der Waals surface area contributed by atoms with Crippen LogP contribution in [0.1, 0.15) is 41.9 Å². The summed E-state index contributed by atoms with van der Waals surface area (Å²) in [5.74, 6) is -1.46. The van der Waals surface area contributed by atoms with Crippen LogP contribution >= 0.6 is 0 Å². The number of imidazole rings is 1. The lowest BCUT2D eigenvalue weighted by Gasteiger charge is -2.22. The molecule has 0 spiro atoms. The van der Waals surface area contributed by atoms with Gasteiger partial charge < -0.3 is 20.5 Å². The van der Waals surface area contributed by atoms with Gasteiger partial charge in [0.2, 0.25) is 5.88 Å². The van der Waals surface area contributed by atoms with E-state index in [2.05, 4.69) is 10.3 Å². The van der Waals surface area contributed by atoms with E-state index in [1.54, 1.807) is 19.2 Å². The molecule has 9 heteroatoms. The highest BCUT2D eigenvalue weighted by molar-refractivity contribution is 5.96.